The molecule has 1 aliphatic heterocycles. The Bertz CT molecular complexity index is 891. The number of ether oxygens (including phenoxy) is 1. The van der Waals surface area contributed by atoms with E-state index in [9.17, 15) is 9.59 Å². The van der Waals surface area contributed by atoms with E-state index in [0.717, 1.165) is 25.2 Å². The third kappa shape index (κ3) is 6.07. The molecule has 2 amide bonds. The lowest BCUT2D eigenvalue weighted by atomic mass is 10.0. The topological polar surface area (TPSA) is 70.7 Å². The molecule has 0 saturated carbocycles. The Kier molecular flexibility index (Phi) is 8.06. The zero-order chi connectivity index (χ0) is 22.2. The van der Waals surface area contributed by atoms with Gasteiger partial charge in [-0.1, -0.05) is 50.2 Å². The largest absolute Gasteiger partial charge is 0.496 e. The van der Waals surface area contributed by atoms with Gasteiger partial charge in [0.25, 0.3) is 5.91 Å². The molecule has 1 heterocycles. The summed E-state index contributed by atoms with van der Waals surface area (Å²) in [4.78, 5) is 28.2. The third-order valence-corrected chi connectivity index (χ3v) is 5.75. The molecule has 0 aliphatic carbocycles. The van der Waals surface area contributed by atoms with Crippen molar-refractivity contribution in [2.45, 2.75) is 45.8 Å². The van der Waals surface area contributed by atoms with E-state index in [4.69, 9.17) is 4.74 Å². The van der Waals surface area contributed by atoms with Gasteiger partial charge in [0.05, 0.1) is 12.7 Å². The number of amides is 2. The van der Waals surface area contributed by atoms with Crippen LogP contribution in [0.15, 0.2) is 48.5 Å². The van der Waals surface area contributed by atoms with Crippen molar-refractivity contribution in [3.8, 4) is 5.75 Å². The molecule has 2 aromatic carbocycles. The van der Waals surface area contributed by atoms with Gasteiger partial charge in [-0.05, 0) is 55.1 Å². The first-order chi connectivity index (χ1) is 15.0. The van der Waals surface area contributed by atoms with Crippen LogP contribution in [0.5, 0.6) is 5.75 Å². The van der Waals surface area contributed by atoms with Crippen molar-refractivity contribution in [1.82, 2.24) is 15.5 Å². The Morgan fingerprint density at radius 1 is 1.00 bits per heavy atom. The molecule has 0 bridgehead atoms. The molecular weight excluding hydrogens is 390 g/mol. The number of hydrogen-bond donors (Lipinski definition) is 2. The van der Waals surface area contributed by atoms with Crippen LogP contribution in [0.25, 0.3) is 0 Å². The van der Waals surface area contributed by atoms with Gasteiger partial charge in [0.1, 0.15) is 11.8 Å². The van der Waals surface area contributed by atoms with Gasteiger partial charge in [0.2, 0.25) is 5.91 Å². The van der Waals surface area contributed by atoms with Gasteiger partial charge in [-0.2, -0.15) is 0 Å². The minimum absolute atomic E-state index is 0.0569. The summed E-state index contributed by atoms with van der Waals surface area (Å²) in [6.45, 7) is 7.46. The molecule has 1 fully saturated rings. The van der Waals surface area contributed by atoms with Gasteiger partial charge in [-0.3, -0.25) is 14.5 Å². The minimum Gasteiger partial charge on any atom is -0.496 e. The normalized spacial score (nSPS) is 15.0. The number of rotatable bonds is 9. The molecule has 31 heavy (non-hydrogen) atoms. The molecule has 0 radical (unpaired) electrons. The molecule has 6 nitrogen and oxygen atoms in total. The van der Waals surface area contributed by atoms with Crippen LogP contribution in [-0.2, 0) is 17.9 Å². The first-order valence-electron chi connectivity index (χ1n) is 11.0. The summed E-state index contributed by atoms with van der Waals surface area (Å²) < 4.78 is 5.28. The van der Waals surface area contributed by atoms with Crippen molar-refractivity contribution in [2.75, 3.05) is 20.2 Å². The van der Waals surface area contributed by atoms with Crippen molar-refractivity contribution >= 4 is 11.8 Å². The Labute approximate surface area is 185 Å². The summed E-state index contributed by atoms with van der Waals surface area (Å²) in [5.41, 5.74) is 2.77. The summed E-state index contributed by atoms with van der Waals surface area (Å²) in [5.74, 6) is -0.0767. The quantitative estimate of drug-likeness (QED) is 0.649. The molecule has 1 saturated heterocycles. The molecule has 1 atom stereocenters. The van der Waals surface area contributed by atoms with Crippen molar-refractivity contribution in [1.29, 1.82) is 0 Å². The fourth-order valence-corrected chi connectivity index (χ4v) is 3.94. The predicted octanol–water partition coefficient (Wildman–Crippen LogP) is 3.36. The molecule has 0 aromatic heterocycles. The highest BCUT2D eigenvalue weighted by atomic mass is 16.5. The van der Waals surface area contributed by atoms with Gasteiger partial charge in [0.15, 0.2) is 0 Å². The summed E-state index contributed by atoms with van der Waals surface area (Å²) in [6, 6.07) is 14.6. The van der Waals surface area contributed by atoms with E-state index < -0.39 is 6.04 Å². The van der Waals surface area contributed by atoms with Gasteiger partial charge in [-0.15, -0.1) is 0 Å². The number of benzene rings is 2. The second-order valence-corrected chi connectivity index (χ2v) is 8.37. The lowest BCUT2D eigenvalue weighted by Crippen LogP contribution is -2.49. The molecule has 166 valence electrons. The lowest BCUT2D eigenvalue weighted by Gasteiger charge is -2.23. The van der Waals surface area contributed by atoms with Gasteiger partial charge < -0.3 is 15.4 Å². The number of nitrogens with zero attached hydrogens (tertiary/aromatic N) is 1. The third-order valence-electron chi connectivity index (χ3n) is 5.75. The summed E-state index contributed by atoms with van der Waals surface area (Å²) in [6.07, 6.45) is 2.50. The van der Waals surface area contributed by atoms with Crippen LogP contribution in [0.3, 0.4) is 0 Å². The Balaban J connectivity index is 1.64. The number of carbonyl (C=O) groups excluding carboxylic acids is 2. The molecule has 2 aromatic rings. The van der Waals surface area contributed by atoms with Crippen LogP contribution >= 0.6 is 0 Å². The smallest absolute Gasteiger partial charge is 0.255 e. The first kappa shape index (κ1) is 22.8. The fourth-order valence-electron chi connectivity index (χ4n) is 3.94. The van der Waals surface area contributed by atoms with E-state index in [-0.39, 0.29) is 17.7 Å². The van der Waals surface area contributed by atoms with Crippen LogP contribution in [-0.4, -0.2) is 43.0 Å². The van der Waals surface area contributed by atoms with E-state index >= 15 is 0 Å². The first-order valence-corrected chi connectivity index (χ1v) is 11.0. The molecule has 0 unspecified atom stereocenters. The fraction of sp³-hybridized carbons (Fsp3) is 0.440. The molecule has 6 heteroatoms. The number of para-hydroxylation sites is 1. The maximum atomic E-state index is 13.0. The molecule has 0 spiro atoms. The zero-order valence-electron chi connectivity index (χ0n) is 18.7. The zero-order valence-corrected chi connectivity index (χ0v) is 18.7. The number of nitrogens with one attached hydrogen (secondary N) is 2. The van der Waals surface area contributed by atoms with Gasteiger partial charge >= 0.3 is 0 Å². The highest BCUT2D eigenvalue weighted by molar-refractivity contribution is 5.99. The summed E-state index contributed by atoms with van der Waals surface area (Å²) in [7, 11) is 1.53. The van der Waals surface area contributed by atoms with Crippen molar-refractivity contribution < 1.29 is 14.3 Å². The minimum atomic E-state index is -0.636. The second kappa shape index (κ2) is 11.0. The number of hydrogen-bond acceptors (Lipinski definition) is 4. The van der Waals surface area contributed by atoms with E-state index in [1.165, 1.54) is 25.5 Å². The summed E-state index contributed by atoms with van der Waals surface area (Å²) in [5, 5.41) is 5.91. The molecular formula is C25H33N3O3. The monoisotopic (exact) mass is 423 g/mol. The van der Waals surface area contributed by atoms with Crippen molar-refractivity contribution in [2.24, 2.45) is 5.92 Å². The molecule has 2 N–H and O–H groups in total. The van der Waals surface area contributed by atoms with Crippen LogP contribution < -0.4 is 15.4 Å². The van der Waals surface area contributed by atoms with Crippen molar-refractivity contribution in [3.05, 3.63) is 65.2 Å². The second-order valence-electron chi connectivity index (χ2n) is 8.37. The maximum Gasteiger partial charge on any atom is 0.255 e. The van der Waals surface area contributed by atoms with Crippen LogP contribution in [0, 0.1) is 5.92 Å². The van der Waals surface area contributed by atoms with Crippen LogP contribution in [0.4, 0.5) is 0 Å². The van der Waals surface area contributed by atoms with Gasteiger partial charge in [-0.25, -0.2) is 0 Å². The Morgan fingerprint density at radius 2 is 1.65 bits per heavy atom. The molecule has 1 aliphatic rings. The van der Waals surface area contributed by atoms with E-state index in [1.807, 2.05) is 32.0 Å². The van der Waals surface area contributed by atoms with E-state index in [0.29, 0.717) is 17.9 Å². The number of likely N-dealkylation sites (tertiary alicyclic amines) is 1. The van der Waals surface area contributed by atoms with E-state index in [2.05, 4.69) is 27.7 Å². The highest BCUT2D eigenvalue weighted by Crippen LogP contribution is 2.18. The average Bonchev–Trinajstić information content (AvgIpc) is 3.29. The number of methoxy groups -OCH3 is 1. The van der Waals surface area contributed by atoms with Crippen LogP contribution in [0.1, 0.15) is 48.2 Å². The Hall–Kier alpha value is -2.86. The Morgan fingerprint density at radius 3 is 2.32 bits per heavy atom. The lowest BCUT2D eigenvalue weighted by molar-refractivity contribution is -0.124. The molecule has 3 rings (SSSR count). The van der Waals surface area contributed by atoms with Crippen molar-refractivity contribution in [3.63, 3.8) is 0 Å². The van der Waals surface area contributed by atoms with Crippen LogP contribution in [0.2, 0.25) is 0 Å². The highest BCUT2D eigenvalue weighted by Gasteiger charge is 2.26. The predicted molar refractivity (Wildman–Crippen MR) is 122 cm³/mol. The maximum absolute atomic E-state index is 13.0. The standard InChI is InChI=1S/C25H33N3O3/c1-18(2)23(27-24(29)21-12-6-7-13-22(21)31-3)25(30)26-16-19-10-4-5-11-20(19)17-28-14-8-9-15-28/h4-7,10-13,18,23H,8-9,14-17H2,1-3H3,(H,26,30)(H,27,29)/t23-/m0/s1. The van der Waals surface area contributed by atoms with E-state index in [1.54, 1.807) is 18.2 Å². The SMILES string of the molecule is COc1ccccc1C(=O)N[C@H](C(=O)NCc1ccccc1CN1CCCC1)C(C)C. The average molecular weight is 424 g/mol. The summed E-state index contributed by atoms with van der Waals surface area (Å²) >= 11 is 0. The number of carbonyl (C=O) groups is 2. The van der Waals surface area contributed by atoms with Gasteiger partial charge in [0, 0.05) is 13.1 Å².